The topological polar surface area (TPSA) is 96.9 Å². The van der Waals surface area contributed by atoms with Gasteiger partial charge in [0.15, 0.2) is 18.1 Å². The lowest BCUT2D eigenvalue weighted by atomic mass is 10.0. The minimum Gasteiger partial charge on any atom is -0.508 e. The number of nitrogens with one attached hydrogen (secondary N) is 2. The van der Waals surface area contributed by atoms with Crippen molar-refractivity contribution in [3.05, 3.63) is 17.7 Å². The summed E-state index contributed by atoms with van der Waals surface area (Å²) in [4.78, 5) is 23.7. The standard InChI is InChI=1S/C17H21F3N2O5/c1-10(23)27-14-7-12(24)6-13(15(14)26-9-17(18,19)20)16(25)22-8-11-4-2-3-5-21-11/h6-7,11,21,24H,2-5,8-9H2,1H3,(H,22,25). The van der Waals surface area contributed by atoms with Crippen LogP contribution >= 0.6 is 0 Å². The molecule has 1 heterocycles. The summed E-state index contributed by atoms with van der Waals surface area (Å²) in [5.41, 5.74) is -0.355. The van der Waals surface area contributed by atoms with Crippen molar-refractivity contribution in [1.29, 1.82) is 0 Å². The molecule has 0 aromatic heterocycles. The molecule has 1 saturated heterocycles. The molecule has 3 N–H and O–H groups in total. The normalized spacial score (nSPS) is 17.3. The molecule has 1 aromatic carbocycles. The van der Waals surface area contributed by atoms with Gasteiger partial charge in [0, 0.05) is 25.6 Å². The van der Waals surface area contributed by atoms with Gasteiger partial charge < -0.3 is 25.2 Å². The molecule has 0 aliphatic carbocycles. The number of alkyl halides is 3. The molecule has 1 aliphatic rings. The van der Waals surface area contributed by atoms with Crippen LogP contribution < -0.4 is 20.1 Å². The molecule has 0 radical (unpaired) electrons. The van der Waals surface area contributed by atoms with Gasteiger partial charge in [-0.05, 0) is 25.5 Å². The second-order valence-corrected chi connectivity index (χ2v) is 6.17. The number of hydrogen-bond acceptors (Lipinski definition) is 6. The Morgan fingerprint density at radius 1 is 1.33 bits per heavy atom. The quantitative estimate of drug-likeness (QED) is 0.509. The highest BCUT2D eigenvalue weighted by Gasteiger charge is 2.31. The van der Waals surface area contributed by atoms with E-state index in [1.165, 1.54) is 0 Å². The van der Waals surface area contributed by atoms with Gasteiger partial charge in [-0.15, -0.1) is 0 Å². The molecule has 0 saturated carbocycles. The highest BCUT2D eigenvalue weighted by molar-refractivity contribution is 5.98. The Labute approximate surface area is 153 Å². The van der Waals surface area contributed by atoms with Gasteiger partial charge in [-0.1, -0.05) is 6.42 Å². The molecule has 150 valence electrons. The fourth-order valence-electron chi connectivity index (χ4n) is 2.70. The van der Waals surface area contributed by atoms with E-state index in [1.807, 2.05) is 0 Å². The van der Waals surface area contributed by atoms with Crippen molar-refractivity contribution in [1.82, 2.24) is 10.6 Å². The number of amides is 1. The summed E-state index contributed by atoms with van der Waals surface area (Å²) in [6, 6.07) is 1.92. The first-order chi connectivity index (χ1) is 12.7. The zero-order valence-electron chi connectivity index (χ0n) is 14.7. The summed E-state index contributed by atoms with van der Waals surface area (Å²) in [5.74, 6) is -3.06. The first-order valence-electron chi connectivity index (χ1n) is 8.42. The third-order valence-electron chi connectivity index (χ3n) is 3.84. The smallest absolute Gasteiger partial charge is 0.422 e. The van der Waals surface area contributed by atoms with Crippen LogP contribution in [0.25, 0.3) is 0 Å². The fraction of sp³-hybridized carbons (Fsp3) is 0.529. The molecule has 7 nitrogen and oxygen atoms in total. The van der Waals surface area contributed by atoms with E-state index in [9.17, 15) is 27.9 Å². The van der Waals surface area contributed by atoms with Crippen molar-refractivity contribution in [3.8, 4) is 17.2 Å². The molecule has 10 heteroatoms. The molecule has 1 amide bonds. The van der Waals surface area contributed by atoms with E-state index in [1.54, 1.807) is 0 Å². The van der Waals surface area contributed by atoms with E-state index in [0.29, 0.717) is 0 Å². The van der Waals surface area contributed by atoms with Crippen LogP contribution in [0, 0.1) is 0 Å². The number of benzene rings is 1. The van der Waals surface area contributed by atoms with Gasteiger partial charge in [-0.2, -0.15) is 13.2 Å². The minimum atomic E-state index is -4.66. The summed E-state index contributed by atoms with van der Waals surface area (Å²) >= 11 is 0. The lowest BCUT2D eigenvalue weighted by Gasteiger charge is -2.24. The van der Waals surface area contributed by atoms with Gasteiger partial charge in [0.05, 0.1) is 5.56 Å². The van der Waals surface area contributed by atoms with Gasteiger partial charge in [-0.25, -0.2) is 0 Å². The number of carbonyl (C=O) groups is 2. The molecule has 0 bridgehead atoms. The van der Waals surface area contributed by atoms with Crippen LogP contribution in [0.1, 0.15) is 36.5 Å². The molecule has 27 heavy (non-hydrogen) atoms. The molecule has 1 atom stereocenters. The fourth-order valence-corrected chi connectivity index (χ4v) is 2.70. The van der Waals surface area contributed by atoms with Gasteiger partial charge in [0.1, 0.15) is 5.75 Å². The summed E-state index contributed by atoms with van der Waals surface area (Å²) in [6.07, 6.45) is -1.75. The highest BCUT2D eigenvalue weighted by atomic mass is 19.4. The number of hydrogen-bond donors (Lipinski definition) is 3. The van der Waals surface area contributed by atoms with Crippen LogP contribution in [0.4, 0.5) is 13.2 Å². The average molecular weight is 390 g/mol. The van der Waals surface area contributed by atoms with Crippen LogP contribution in [-0.4, -0.2) is 48.9 Å². The molecule has 0 spiro atoms. The third kappa shape index (κ3) is 6.63. The molecule has 1 aromatic rings. The Kier molecular flexibility index (Phi) is 6.89. The summed E-state index contributed by atoms with van der Waals surface area (Å²) in [6.45, 7) is 0.432. The van der Waals surface area contributed by atoms with Gasteiger partial charge in [-0.3, -0.25) is 9.59 Å². The van der Waals surface area contributed by atoms with Crippen molar-refractivity contribution in [3.63, 3.8) is 0 Å². The van der Waals surface area contributed by atoms with Crippen LogP contribution in [0.5, 0.6) is 17.2 Å². The number of halogens is 3. The molecule has 1 unspecified atom stereocenters. The van der Waals surface area contributed by atoms with Gasteiger partial charge in [0.2, 0.25) is 0 Å². The highest BCUT2D eigenvalue weighted by Crippen LogP contribution is 2.37. The number of rotatable bonds is 6. The van der Waals surface area contributed by atoms with Crippen molar-refractivity contribution in [2.45, 2.75) is 38.4 Å². The van der Waals surface area contributed by atoms with Gasteiger partial charge in [0.25, 0.3) is 5.91 Å². The van der Waals surface area contributed by atoms with E-state index >= 15 is 0 Å². The lowest BCUT2D eigenvalue weighted by molar-refractivity contribution is -0.153. The molecule has 1 fully saturated rings. The Balaban J connectivity index is 2.23. The zero-order chi connectivity index (χ0) is 20.0. The number of aromatic hydroxyl groups is 1. The number of ether oxygens (including phenoxy) is 2. The van der Waals surface area contributed by atoms with E-state index < -0.39 is 41.9 Å². The Bertz CT molecular complexity index is 688. The maximum absolute atomic E-state index is 12.5. The van der Waals surface area contributed by atoms with Gasteiger partial charge >= 0.3 is 12.1 Å². The summed E-state index contributed by atoms with van der Waals surface area (Å²) in [7, 11) is 0. The van der Waals surface area contributed by atoms with Crippen LogP contribution in [0.2, 0.25) is 0 Å². The monoisotopic (exact) mass is 390 g/mol. The zero-order valence-corrected chi connectivity index (χ0v) is 14.7. The molecular formula is C17H21F3N2O5. The van der Waals surface area contributed by atoms with E-state index in [0.717, 1.165) is 44.9 Å². The van der Waals surface area contributed by atoms with Crippen molar-refractivity contribution in [2.75, 3.05) is 19.7 Å². The van der Waals surface area contributed by atoms with E-state index in [2.05, 4.69) is 10.6 Å². The third-order valence-corrected chi connectivity index (χ3v) is 3.84. The van der Waals surface area contributed by atoms with E-state index in [-0.39, 0.29) is 18.2 Å². The van der Waals surface area contributed by atoms with Crippen LogP contribution in [0.15, 0.2) is 12.1 Å². The maximum Gasteiger partial charge on any atom is 0.422 e. The first kappa shape index (κ1) is 20.8. The first-order valence-corrected chi connectivity index (χ1v) is 8.42. The number of esters is 1. The van der Waals surface area contributed by atoms with Crippen molar-refractivity contribution in [2.24, 2.45) is 0 Å². The SMILES string of the molecule is CC(=O)Oc1cc(O)cc(C(=O)NCC2CCCCN2)c1OCC(F)(F)F. The minimum absolute atomic E-state index is 0.0486. The maximum atomic E-state index is 12.5. The number of phenols is 1. The second-order valence-electron chi connectivity index (χ2n) is 6.17. The Hall–Kier alpha value is -2.49. The predicted octanol–water partition coefficient (Wildman–Crippen LogP) is 2.13. The summed E-state index contributed by atoms with van der Waals surface area (Å²) in [5, 5.41) is 15.6. The second kappa shape index (κ2) is 8.94. The predicted molar refractivity (Wildman–Crippen MR) is 88.9 cm³/mol. The van der Waals surface area contributed by atoms with Crippen LogP contribution in [-0.2, 0) is 4.79 Å². The largest absolute Gasteiger partial charge is 0.508 e. The number of piperidine rings is 1. The van der Waals surface area contributed by atoms with Crippen LogP contribution in [0.3, 0.4) is 0 Å². The molecular weight excluding hydrogens is 369 g/mol. The average Bonchev–Trinajstić information content (AvgIpc) is 2.58. The number of phenolic OH excluding ortho intramolecular Hbond substituents is 1. The van der Waals surface area contributed by atoms with Crippen molar-refractivity contribution >= 4 is 11.9 Å². The number of carbonyl (C=O) groups excluding carboxylic acids is 2. The summed E-state index contributed by atoms with van der Waals surface area (Å²) < 4.78 is 47.1. The Morgan fingerprint density at radius 2 is 2.07 bits per heavy atom. The Morgan fingerprint density at radius 3 is 2.67 bits per heavy atom. The van der Waals surface area contributed by atoms with Crippen molar-refractivity contribution < 1.29 is 37.3 Å². The molecule has 2 rings (SSSR count). The van der Waals surface area contributed by atoms with E-state index in [4.69, 9.17) is 9.47 Å². The molecule has 1 aliphatic heterocycles. The lowest BCUT2D eigenvalue weighted by Crippen LogP contribution is -2.43.